The predicted molar refractivity (Wildman–Crippen MR) is 162 cm³/mol. The molecule has 1 aliphatic carbocycles. The minimum atomic E-state index is -0.395. The highest BCUT2D eigenvalue weighted by molar-refractivity contribution is 7.99. The lowest BCUT2D eigenvalue weighted by Crippen LogP contribution is -2.24. The van der Waals surface area contributed by atoms with E-state index in [4.69, 9.17) is 14.5 Å². The highest BCUT2D eigenvalue weighted by Gasteiger charge is 2.23. The number of fused-ring (bicyclic) bond motifs is 3. The molecule has 9 nitrogen and oxygen atoms in total. The number of ether oxygens (including phenoxy) is 2. The van der Waals surface area contributed by atoms with Crippen LogP contribution in [0.2, 0.25) is 0 Å². The van der Waals surface area contributed by atoms with E-state index in [0.29, 0.717) is 40.0 Å². The molecule has 212 valence electrons. The van der Waals surface area contributed by atoms with Crippen LogP contribution in [0.3, 0.4) is 0 Å². The number of nitrogens with one attached hydrogen (secondary N) is 1. The number of esters is 1. The van der Waals surface area contributed by atoms with Crippen LogP contribution < -0.4 is 20.5 Å². The third kappa shape index (κ3) is 6.52. The molecule has 1 aliphatic rings. The third-order valence-corrected chi connectivity index (χ3v) is 8.70. The SMILES string of the molecule is CCOc1ccc(-n2c(SCC(=O)NN=C(C)c3ccc(OC(C)=O)cc3)nc3sc4c(c3c2=O)CCCC4)cc1. The number of nitrogens with zero attached hydrogens (tertiary/aromatic N) is 3. The zero-order valence-electron chi connectivity index (χ0n) is 23.1. The molecule has 1 N–H and O–H groups in total. The minimum Gasteiger partial charge on any atom is -0.494 e. The second-order valence-electron chi connectivity index (χ2n) is 9.49. The van der Waals surface area contributed by atoms with Gasteiger partial charge in [-0.15, -0.1) is 11.3 Å². The lowest BCUT2D eigenvalue weighted by molar-refractivity contribution is -0.131. The monoisotopic (exact) mass is 590 g/mol. The van der Waals surface area contributed by atoms with Gasteiger partial charge in [0.15, 0.2) is 5.16 Å². The van der Waals surface area contributed by atoms with Crippen molar-refractivity contribution in [3.8, 4) is 17.2 Å². The highest BCUT2D eigenvalue weighted by atomic mass is 32.2. The van der Waals surface area contributed by atoms with Crippen LogP contribution in [0.15, 0.2) is 63.6 Å². The molecular weight excluding hydrogens is 560 g/mol. The Morgan fingerprint density at radius 1 is 1.05 bits per heavy atom. The number of carbonyl (C=O) groups is 2. The van der Waals surface area contributed by atoms with Crippen LogP contribution in [0.4, 0.5) is 0 Å². The molecule has 41 heavy (non-hydrogen) atoms. The molecule has 0 bridgehead atoms. The molecule has 0 aliphatic heterocycles. The number of thiophene rings is 1. The normalized spacial score (nSPS) is 13.1. The number of rotatable bonds is 9. The largest absolute Gasteiger partial charge is 0.494 e. The molecule has 0 saturated heterocycles. The van der Waals surface area contributed by atoms with Gasteiger partial charge in [0.2, 0.25) is 0 Å². The summed E-state index contributed by atoms with van der Waals surface area (Å²) in [6.07, 6.45) is 4.03. The van der Waals surface area contributed by atoms with E-state index >= 15 is 0 Å². The van der Waals surface area contributed by atoms with E-state index in [2.05, 4.69) is 10.5 Å². The van der Waals surface area contributed by atoms with Crippen molar-refractivity contribution in [1.29, 1.82) is 0 Å². The lowest BCUT2D eigenvalue weighted by Gasteiger charge is -2.14. The zero-order chi connectivity index (χ0) is 28.9. The summed E-state index contributed by atoms with van der Waals surface area (Å²) in [5.74, 6) is 0.442. The van der Waals surface area contributed by atoms with Gasteiger partial charge in [0.05, 0.1) is 29.1 Å². The number of hydrogen-bond acceptors (Lipinski definition) is 9. The molecule has 2 aromatic heterocycles. The summed E-state index contributed by atoms with van der Waals surface area (Å²) in [6, 6.07) is 14.2. The van der Waals surface area contributed by atoms with E-state index < -0.39 is 5.97 Å². The molecule has 0 fully saturated rings. The molecule has 0 atom stereocenters. The number of amides is 1. The van der Waals surface area contributed by atoms with Gasteiger partial charge in [0.1, 0.15) is 16.3 Å². The maximum atomic E-state index is 13.9. The molecule has 5 rings (SSSR count). The molecule has 0 spiro atoms. The van der Waals surface area contributed by atoms with Crippen molar-refractivity contribution < 1.29 is 19.1 Å². The first-order chi connectivity index (χ1) is 19.8. The quantitative estimate of drug-likeness (QED) is 0.0705. The number of benzene rings is 2. The molecular formula is C30H30N4O5S2. The Kier molecular flexibility index (Phi) is 8.84. The van der Waals surface area contributed by atoms with Crippen LogP contribution in [-0.4, -0.2) is 39.5 Å². The van der Waals surface area contributed by atoms with E-state index in [0.717, 1.165) is 41.6 Å². The molecule has 1 amide bonds. The fourth-order valence-corrected chi connectivity index (χ4v) is 6.78. The van der Waals surface area contributed by atoms with Gasteiger partial charge in [0.25, 0.3) is 11.5 Å². The summed E-state index contributed by atoms with van der Waals surface area (Å²) < 4.78 is 12.2. The van der Waals surface area contributed by atoms with Gasteiger partial charge in [-0.3, -0.25) is 19.0 Å². The molecule has 2 aromatic carbocycles. The van der Waals surface area contributed by atoms with Crippen molar-refractivity contribution >= 4 is 50.9 Å². The summed E-state index contributed by atoms with van der Waals surface area (Å²) >= 11 is 2.78. The van der Waals surface area contributed by atoms with Crippen molar-refractivity contribution in [3.63, 3.8) is 0 Å². The molecule has 4 aromatic rings. The van der Waals surface area contributed by atoms with Crippen LogP contribution in [0.1, 0.15) is 49.6 Å². The van der Waals surface area contributed by atoms with E-state index in [1.54, 1.807) is 47.1 Å². The Bertz CT molecular complexity index is 1670. The van der Waals surface area contributed by atoms with Gasteiger partial charge in [-0.05, 0) is 99.2 Å². The first-order valence-corrected chi connectivity index (χ1v) is 15.2. The van der Waals surface area contributed by atoms with Crippen LogP contribution in [0.25, 0.3) is 15.9 Å². The van der Waals surface area contributed by atoms with Crippen LogP contribution in [0, 0.1) is 0 Å². The topological polar surface area (TPSA) is 112 Å². The molecule has 11 heteroatoms. The van der Waals surface area contributed by atoms with Crippen molar-refractivity contribution in [2.75, 3.05) is 12.4 Å². The Labute approximate surface area is 245 Å². The Morgan fingerprint density at radius 2 is 1.76 bits per heavy atom. The van der Waals surface area contributed by atoms with Crippen LogP contribution >= 0.6 is 23.1 Å². The average molecular weight is 591 g/mol. The second kappa shape index (κ2) is 12.7. The summed E-state index contributed by atoms with van der Waals surface area (Å²) in [7, 11) is 0. The number of thioether (sulfide) groups is 1. The van der Waals surface area contributed by atoms with Crippen molar-refractivity contribution in [1.82, 2.24) is 15.0 Å². The van der Waals surface area contributed by atoms with Gasteiger partial charge in [-0.2, -0.15) is 5.10 Å². The lowest BCUT2D eigenvalue weighted by atomic mass is 9.97. The number of hydrogen-bond donors (Lipinski definition) is 1. The summed E-state index contributed by atoms with van der Waals surface area (Å²) in [4.78, 5) is 44.7. The minimum absolute atomic E-state index is 0.0161. The van der Waals surface area contributed by atoms with Crippen LogP contribution in [-0.2, 0) is 22.4 Å². The summed E-state index contributed by atoms with van der Waals surface area (Å²) in [6.45, 7) is 5.58. The fourth-order valence-electron chi connectivity index (χ4n) is 4.67. The molecule has 0 unspecified atom stereocenters. The molecule has 2 heterocycles. The average Bonchev–Trinajstić information content (AvgIpc) is 3.34. The first kappa shape index (κ1) is 28.6. The second-order valence-corrected chi connectivity index (χ2v) is 11.5. The number of aromatic nitrogens is 2. The zero-order valence-corrected chi connectivity index (χ0v) is 24.7. The third-order valence-electron chi connectivity index (χ3n) is 6.58. The number of aryl methyl sites for hydroxylation is 2. The van der Waals surface area contributed by atoms with Crippen molar-refractivity contribution in [2.45, 2.75) is 51.6 Å². The molecule has 0 saturated carbocycles. The van der Waals surface area contributed by atoms with E-state index in [9.17, 15) is 14.4 Å². The standard InChI is InChI=1S/C30H30N4O5S2/c1-4-38-22-15-11-21(12-16-22)34-29(37)27-24-7-5-6-8-25(24)41-28(27)31-30(34)40-17-26(36)33-32-18(2)20-9-13-23(14-10-20)39-19(3)35/h9-16H,4-8,17H2,1-3H3,(H,33,36). The van der Waals surface area contributed by atoms with Crippen molar-refractivity contribution in [3.05, 3.63) is 74.9 Å². The van der Waals surface area contributed by atoms with Gasteiger partial charge in [0, 0.05) is 11.8 Å². The summed E-state index contributed by atoms with van der Waals surface area (Å²) in [5.41, 5.74) is 5.61. The van der Waals surface area contributed by atoms with Gasteiger partial charge in [-0.1, -0.05) is 11.8 Å². The maximum absolute atomic E-state index is 13.9. The van der Waals surface area contributed by atoms with Gasteiger partial charge in [-0.25, -0.2) is 10.4 Å². The van der Waals surface area contributed by atoms with E-state index in [-0.39, 0.29) is 17.2 Å². The Morgan fingerprint density at radius 3 is 2.46 bits per heavy atom. The highest BCUT2D eigenvalue weighted by Crippen LogP contribution is 2.35. The molecule has 0 radical (unpaired) electrons. The Hall–Kier alpha value is -3.96. The van der Waals surface area contributed by atoms with E-state index in [1.807, 2.05) is 31.2 Å². The summed E-state index contributed by atoms with van der Waals surface area (Å²) in [5, 5.41) is 5.35. The van der Waals surface area contributed by atoms with Crippen molar-refractivity contribution in [2.24, 2.45) is 5.10 Å². The first-order valence-electron chi connectivity index (χ1n) is 13.4. The maximum Gasteiger partial charge on any atom is 0.308 e. The van der Waals surface area contributed by atoms with Gasteiger partial charge >= 0.3 is 5.97 Å². The predicted octanol–water partition coefficient (Wildman–Crippen LogP) is 5.28. The Balaban J connectivity index is 1.38. The number of hydrazone groups is 1. The fraction of sp³-hybridized carbons (Fsp3) is 0.300. The smallest absolute Gasteiger partial charge is 0.308 e. The number of carbonyl (C=O) groups excluding carboxylic acids is 2. The van der Waals surface area contributed by atoms with Crippen LogP contribution in [0.5, 0.6) is 11.5 Å². The van der Waals surface area contributed by atoms with Gasteiger partial charge < -0.3 is 9.47 Å². The van der Waals surface area contributed by atoms with E-state index in [1.165, 1.54) is 23.6 Å².